The van der Waals surface area contributed by atoms with Gasteiger partial charge in [0.25, 0.3) is 0 Å². The molecular weight excluding hydrogens is 213 g/mol. The van der Waals surface area contributed by atoms with Crippen molar-refractivity contribution < 1.29 is 22.7 Å². The number of aromatic amines is 1. The molecule has 0 amide bonds. The molecule has 0 saturated carbocycles. The fourth-order valence-electron chi connectivity index (χ4n) is 1.04. The van der Waals surface area contributed by atoms with E-state index in [0.29, 0.717) is 0 Å². The summed E-state index contributed by atoms with van der Waals surface area (Å²) in [5, 5.41) is 0. The van der Waals surface area contributed by atoms with Gasteiger partial charge < -0.3 is 9.72 Å². The Labute approximate surface area is 83.5 Å². The van der Waals surface area contributed by atoms with E-state index in [1.54, 1.807) is 0 Å². The van der Waals surface area contributed by atoms with Crippen molar-refractivity contribution in [2.24, 2.45) is 0 Å². The number of aryl methyl sites for hydroxylation is 1. The maximum absolute atomic E-state index is 12.4. The Morgan fingerprint density at radius 3 is 2.60 bits per heavy atom. The number of carbonyl (C=O) groups is 1. The van der Waals surface area contributed by atoms with Crippen molar-refractivity contribution in [3.8, 4) is 0 Å². The van der Waals surface area contributed by atoms with E-state index in [1.165, 1.54) is 13.8 Å². The number of hydrogen-bond donors (Lipinski definition) is 1. The van der Waals surface area contributed by atoms with Crippen molar-refractivity contribution in [2.75, 3.05) is 6.61 Å². The lowest BCUT2D eigenvalue weighted by Gasteiger charge is -2.05. The third-order valence-corrected chi connectivity index (χ3v) is 1.57. The summed E-state index contributed by atoms with van der Waals surface area (Å²) in [5.41, 5.74) is -1.89. The second-order valence-electron chi connectivity index (χ2n) is 2.76. The predicted octanol–water partition coefficient (Wildman–Crippen LogP) is 1.91. The lowest BCUT2D eigenvalue weighted by molar-refractivity contribution is -0.141. The van der Waals surface area contributed by atoms with Crippen molar-refractivity contribution in [3.05, 3.63) is 17.2 Å². The molecule has 7 heteroatoms. The highest BCUT2D eigenvalue weighted by molar-refractivity contribution is 5.88. The average molecular weight is 222 g/mol. The molecule has 1 heterocycles. The van der Waals surface area contributed by atoms with Crippen molar-refractivity contribution in [3.63, 3.8) is 0 Å². The lowest BCUT2D eigenvalue weighted by atomic mass is 10.3. The van der Waals surface area contributed by atoms with Crippen LogP contribution < -0.4 is 0 Å². The van der Waals surface area contributed by atoms with Gasteiger partial charge in [0.1, 0.15) is 5.82 Å². The average Bonchev–Trinajstić information content (AvgIpc) is 2.47. The highest BCUT2D eigenvalue weighted by Gasteiger charge is 2.39. The van der Waals surface area contributed by atoms with Gasteiger partial charge in [-0.1, -0.05) is 0 Å². The number of rotatable bonds is 2. The molecule has 1 aromatic heterocycles. The van der Waals surface area contributed by atoms with Crippen molar-refractivity contribution >= 4 is 5.97 Å². The van der Waals surface area contributed by atoms with Gasteiger partial charge in [0.2, 0.25) is 0 Å². The first-order valence-corrected chi connectivity index (χ1v) is 4.17. The van der Waals surface area contributed by atoms with Gasteiger partial charge in [-0.3, -0.25) is 0 Å². The lowest BCUT2D eigenvalue weighted by Crippen LogP contribution is -2.15. The molecular formula is C8H9F3N2O2. The molecule has 0 saturated heterocycles. The van der Waals surface area contributed by atoms with Crippen LogP contribution in [0.1, 0.15) is 28.9 Å². The van der Waals surface area contributed by atoms with E-state index in [-0.39, 0.29) is 12.4 Å². The SMILES string of the molecule is CCOC(=O)c1nc(C)[nH]c1C(F)(F)F. The number of hydrogen-bond acceptors (Lipinski definition) is 3. The van der Waals surface area contributed by atoms with Crippen LogP contribution in [0.3, 0.4) is 0 Å². The second-order valence-corrected chi connectivity index (χ2v) is 2.76. The van der Waals surface area contributed by atoms with Crippen LogP contribution in [0.25, 0.3) is 0 Å². The van der Waals surface area contributed by atoms with Crippen molar-refractivity contribution in [1.29, 1.82) is 0 Å². The topological polar surface area (TPSA) is 55.0 Å². The molecule has 0 spiro atoms. The van der Waals surface area contributed by atoms with Crippen LogP contribution in [0.4, 0.5) is 13.2 Å². The number of aromatic nitrogens is 2. The van der Waals surface area contributed by atoms with E-state index < -0.39 is 23.5 Å². The Morgan fingerprint density at radius 2 is 2.13 bits per heavy atom. The zero-order chi connectivity index (χ0) is 11.6. The summed E-state index contributed by atoms with van der Waals surface area (Å²) < 4.78 is 41.6. The number of ether oxygens (including phenoxy) is 1. The number of nitrogens with zero attached hydrogens (tertiary/aromatic N) is 1. The standard InChI is InChI=1S/C8H9F3N2O2/c1-3-15-7(14)5-6(8(9,10)11)13-4(2)12-5/h3H2,1-2H3,(H,12,13). The molecule has 0 atom stereocenters. The third kappa shape index (κ3) is 2.48. The number of halogens is 3. The summed E-state index contributed by atoms with van der Waals surface area (Å²) in [6.07, 6.45) is -4.64. The van der Waals surface area contributed by atoms with Crippen LogP contribution in [0.15, 0.2) is 0 Å². The van der Waals surface area contributed by atoms with Gasteiger partial charge in [0.05, 0.1) is 6.61 Å². The molecule has 0 aliphatic carbocycles. The smallest absolute Gasteiger partial charge is 0.433 e. The molecule has 0 aromatic carbocycles. The molecule has 1 aromatic rings. The number of carbonyl (C=O) groups excluding carboxylic acids is 1. The first-order chi connectivity index (χ1) is 6.86. The van der Waals surface area contributed by atoms with E-state index in [9.17, 15) is 18.0 Å². The maximum atomic E-state index is 12.4. The molecule has 84 valence electrons. The van der Waals surface area contributed by atoms with E-state index in [0.717, 1.165) is 0 Å². The molecule has 0 bridgehead atoms. The van der Waals surface area contributed by atoms with Gasteiger partial charge in [0.15, 0.2) is 11.4 Å². The summed E-state index contributed by atoms with van der Waals surface area (Å²) >= 11 is 0. The van der Waals surface area contributed by atoms with Gasteiger partial charge in [-0.05, 0) is 13.8 Å². The number of imidazole rings is 1. The van der Waals surface area contributed by atoms with Crippen molar-refractivity contribution in [1.82, 2.24) is 9.97 Å². The molecule has 0 aliphatic heterocycles. The molecule has 4 nitrogen and oxygen atoms in total. The Bertz CT molecular complexity index is 370. The molecule has 15 heavy (non-hydrogen) atoms. The Kier molecular flexibility index (Phi) is 3.01. The first-order valence-electron chi connectivity index (χ1n) is 4.17. The minimum Gasteiger partial charge on any atom is -0.461 e. The van der Waals surface area contributed by atoms with Crippen LogP contribution in [0.5, 0.6) is 0 Å². The quantitative estimate of drug-likeness (QED) is 0.777. The van der Waals surface area contributed by atoms with E-state index in [2.05, 4.69) is 9.72 Å². The Morgan fingerprint density at radius 1 is 1.53 bits per heavy atom. The third-order valence-electron chi connectivity index (χ3n) is 1.57. The molecule has 0 fully saturated rings. The highest BCUT2D eigenvalue weighted by atomic mass is 19.4. The summed E-state index contributed by atoms with van der Waals surface area (Å²) in [6.45, 7) is 2.84. The van der Waals surface area contributed by atoms with E-state index in [1.807, 2.05) is 4.98 Å². The van der Waals surface area contributed by atoms with Gasteiger partial charge in [-0.15, -0.1) is 0 Å². The van der Waals surface area contributed by atoms with Crippen LogP contribution in [-0.2, 0) is 10.9 Å². The van der Waals surface area contributed by atoms with Crippen LogP contribution in [0.2, 0.25) is 0 Å². The Hall–Kier alpha value is -1.53. The first kappa shape index (κ1) is 11.5. The Balaban J connectivity index is 3.12. The molecule has 1 N–H and O–H groups in total. The minimum atomic E-state index is -4.64. The molecule has 0 radical (unpaired) electrons. The number of nitrogens with one attached hydrogen (secondary N) is 1. The van der Waals surface area contributed by atoms with Gasteiger partial charge in [-0.25, -0.2) is 9.78 Å². The second kappa shape index (κ2) is 3.92. The zero-order valence-corrected chi connectivity index (χ0v) is 8.10. The fourth-order valence-corrected chi connectivity index (χ4v) is 1.04. The number of H-pyrrole nitrogens is 1. The normalized spacial score (nSPS) is 11.5. The van der Waals surface area contributed by atoms with Crippen LogP contribution in [-0.4, -0.2) is 22.5 Å². The van der Waals surface area contributed by atoms with E-state index >= 15 is 0 Å². The van der Waals surface area contributed by atoms with Gasteiger partial charge in [-0.2, -0.15) is 13.2 Å². The zero-order valence-electron chi connectivity index (χ0n) is 8.10. The molecule has 0 aliphatic rings. The molecule has 0 unspecified atom stereocenters. The molecule has 1 rings (SSSR count). The van der Waals surface area contributed by atoms with Crippen LogP contribution >= 0.6 is 0 Å². The minimum absolute atomic E-state index is 0.00202. The number of alkyl halides is 3. The summed E-state index contributed by atoms with van der Waals surface area (Å²) in [6, 6.07) is 0. The van der Waals surface area contributed by atoms with Gasteiger partial charge in [0, 0.05) is 0 Å². The van der Waals surface area contributed by atoms with Crippen LogP contribution in [0, 0.1) is 6.92 Å². The number of esters is 1. The summed E-state index contributed by atoms with van der Waals surface area (Å²) in [4.78, 5) is 16.6. The monoisotopic (exact) mass is 222 g/mol. The summed E-state index contributed by atoms with van der Waals surface area (Å²) in [7, 11) is 0. The summed E-state index contributed by atoms with van der Waals surface area (Å²) in [5.74, 6) is -1.06. The fraction of sp³-hybridized carbons (Fsp3) is 0.500. The predicted molar refractivity (Wildman–Crippen MR) is 44.3 cm³/mol. The highest BCUT2D eigenvalue weighted by Crippen LogP contribution is 2.30. The maximum Gasteiger partial charge on any atom is 0.433 e. The van der Waals surface area contributed by atoms with Crippen molar-refractivity contribution in [2.45, 2.75) is 20.0 Å². The van der Waals surface area contributed by atoms with E-state index in [4.69, 9.17) is 0 Å². The largest absolute Gasteiger partial charge is 0.461 e. The van der Waals surface area contributed by atoms with Gasteiger partial charge >= 0.3 is 12.1 Å².